The van der Waals surface area contributed by atoms with E-state index in [0.29, 0.717) is 17.9 Å². The van der Waals surface area contributed by atoms with E-state index in [1.807, 2.05) is 0 Å². The van der Waals surface area contributed by atoms with Gasteiger partial charge in [-0.25, -0.2) is 0 Å². The molecule has 1 heterocycles. The summed E-state index contributed by atoms with van der Waals surface area (Å²) in [7, 11) is 1.74. The van der Waals surface area contributed by atoms with Crippen LogP contribution in [0.1, 0.15) is 42.9 Å². The van der Waals surface area contributed by atoms with Crippen molar-refractivity contribution < 1.29 is 9.53 Å². The summed E-state index contributed by atoms with van der Waals surface area (Å²) in [5.41, 5.74) is 2.91. The molecule has 4 nitrogen and oxygen atoms in total. The van der Waals surface area contributed by atoms with E-state index >= 15 is 0 Å². The van der Waals surface area contributed by atoms with Crippen LogP contribution in [0.2, 0.25) is 0 Å². The number of fused-ring (bicyclic) bond motifs is 1. The van der Waals surface area contributed by atoms with Crippen molar-refractivity contribution in [3.8, 4) is 5.75 Å². The molecule has 1 aromatic rings. The molecule has 4 heteroatoms. The zero-order valence-electron chi connectivity index (χ0n) is 14.0. The summed E-state index contributed by atoms with van der Waals surface area (Å²) < 4.78 is 5.43. The van der Waals surface area contributed by atoms with E-state index in [9.17, 15) is 4.79 Å². The van der Waals surface area contributed by atoms with Crippen molar-refractivity contribution in [3.63, 3.8) is 0 Å². The van der Waals surface area contributed by atoms with Gasteiger partial charge in [-0.05, 0) is 55.4 Å². The van der Waals surface area contributed by atoms with Crippen LogP contribution >= 0.6 is 0 Å². The zero-order valence-corrected chi connectivity index (χ0v) is 14.0. The van der Waals surface area contributed by atoms with Crippen LogP contribution in [0.25, 0.3) is 0 Å². The molecule has 1 amide bonds. The van der Waals surface area contributed by atoms with Crippen molar-refractivity contribution in [2.75, 3.05) is 33.3 Å². The van der Waals surface area contributed by atoms with Crippen LogP contribution in [0.4, 0.5) is 0 Å². The van der Waals surface area contributed by atoms with Crippen LogP contribution in [0.3, 0.4) is 0 Å². The number of hydrogen-bond acceptors (Lipinski definition) is 3. The maximum absolute atomic E-state index is 12.2. The number of benzene rings is 1. The van der Waals surface area contributed by atoms with E-state index in [0.717, 1.165) is 44.8 Å². The standard InChI is InChI=1S/C19H26N2O2/c1-23-16-8-7-14-3-2-4-18(17(14)13-16)20-9-11-21(12-10-20)19(22)15-5-6-15/h7-8,13,15,18H,2-6,9-12H2,1H3/t18-/m1/s1. The molecule has 1 aliphatic heterocycles. The summed E-state index contributed by atoms with van der Waals surface area (Å²) in [5, 5.41) is 0. The van der Waals surface area contributed by atoms with Gasteiger partial charge in [-0.15, -0.1) is 0 Å². The molecule has 0 unspecified atom stereocenters. The Balaban J connectivity index is 1.46. The minimum absolute atomic E-state index is 0.348. The second-order valence-corrected chi connectivity index (χ2v) is 7.11. The first-order valence-electron chi connectivity index (χ1n) is 8.96. The van der Waals surface area contributed by atoms with Gasteiger partial charge in [-0.3, -0.25) is 9.69 Å². The van der Waals surface area contributed by atoms with Crippen LogP contribution in [0.15, 0.2) is 18.2 Å². The molecule has 0 N–H and O–H groups in total. The van der Waals surface area contributed by atoms with Gasteiger partial charge in [0.2, 0.25) is 5.91 Å². The molecule has 0 spiro atoms. The number of amides is 1. The summed E-state index contributed by atoms with van der Waals surface area (Å²) in [4.78, 5) is 16.9. The van der Waals surface area contributed by atoms with Crippen molar-refractivity contribution in [2.24, 2.45) is 5.92 Å². The lowest BCUT2D eigenvalue weighted by Crippen LogP contribution is -2.50. The zero-order chi connectivity index (χ0) is 15.8. The SMILES string of the molecule is COc1ccc2c(c1)[C@H](N1CCN(C(=O)C3CC3)CC1)CCC2. The predicted molar refractivity (Wildman–Crippen MR) is 89.6 cm³/mol. The van der Waals surface area contributed by atoms with Crippen molar-refractivity contribution in [1.82, 2.24) is 9.80 Å². The summed E-state index contributed by atoms with van der Waals surface area (Å²) >= 11 is 0. The molecule has 124 valence electrons. The molecule has 1 atom stereocenters. The van der Waals surface area contributed by atoms with Gasteiger partial charge in [-0.2, -0.15) is 0 Å². The average Bonchev–Trinajstić information content (AvgIpc) is 3.45. The Morgan fingerprint density at radius 3 is 2.61 bits per heavy atom. The summed E-state index contributed by atoms with van der Waals surface area (Å²) in [6, 6.07) is 7.02. The Kier molecular flexibility index (Phi) is 4.02. The maximum atomic E-state index is 12.2. The fraction of sp³-hybridized carbons (Fsp3) is 0.632. The minimum atomic E-state index is 0.348. The first kappa shape index (κ1) is 15.0. The highest BCUT2D eigenvalue weighted by molar-refractivity contribution is 5.81. The second-order valence-electron chi connectivity index (χ2n) is 7.11. The summed E-state index contributed by atoms with van der Waals surface area (Å²) in [6.45, 7) is 3.79. The molecule has 1 aromatic carbocycles. The number of piperazine rings is 1. The lowest BCUT2D eigenvalue weighted by molar-refractivity contribution is -0.134. The molecule has 0 aromatic heterocycles. The third-order valence-electron chi connectivity index (χ3n) is 5.63. The normalized spacial score (nSPS) is 25.1. The highest BCUT2D eigenvalue weighted by Crippen LogP contribution is 2.37. The van der Waals surface area contributed by atoms with E-state index in [1.165, 1.54) is 30.4 Å². The highest BCUT2D eigenvalue weighted by Gasteiger charge is 2.36. The van der Waals surface area contributed by atoms with Crippen LogP contribution in [-0.2, 0) is 11.2 Å². The highest BCUT2D eigenvalue weighted by atomic mass is 16.5. The molecule has 23 heavy (non-hydrogen) atoms. The van der Waals surface area contributed by atoms with Gasteiger partial charge in [-0.1, -0.05) is 6.07 Å². The third kappa shape index (κ3) is 2.97. The largest absolute Gasteiger partial charge is 0.497 e. The van der Waals surface area contributed by atoms with Gasteiger partial charge in [0.05, 0.1) is 7.11 Å². The number of methoxy groups -OCH3 is 1. The lowest BCUT2D eigenvalue weighted by atomic mass is 9.86. The number of carbonyl (C=O) groups is 1. The predicted octanol–water partition coefficient (Wildman–Crippen LogP) is 2.63. The molecule has 2 aliphatic carbocycles. The first-order valence-corrected chi connectivity index (χ1v) is 8.96. The van der Waals surface area contributed by atoms with E-state index in [-0.39, 0.29) is 0 Å². The number of ether oxygens (including phenoxy) is 1. The first-order chi connectivity index (χ1) is 11.3. The quantitative estimate of drug-likeness (QED) is 0.860. The smallest absolute Gasteiger partial charge is 0.225 e. The summed E-state index contributed by atoms with van der Waals surface area (Å²) in [5.74, 6) is 1.70. The van der Waals surface area contributed by atoms with Crippen molar-refractivity contribution in [1.29, 1.82) is 0 Å². The van der Waals surface area contributed by atoms with Crippen molar-refractivity contribution in [3.05, 3.63) is 29.3 Å². The van der Waals surface area contributed by atoms with Gasteiger partial charge in [0.15, 0.2) is 0 Å². The Bertz CT molecular complexity index is 589. The second kappa shape index (κ2) is 6.16. The molecular formula is C19H26N2O2. The maximum Gasteiger partial charge on any atom is 0.225 e. The Labute approximate surface area is 138 Å². The number of rotatable bonds is 3. The number of nitrogens with zero attached hydrogens (tertiary/aromatic N) is 2. The molecule has 4 rings (SSSR count). The van der Waals surface area contributed by atoms with Crippen molar-refractivity contribution >= 4 is 5.91 Å². The molecule has 1 saturated carbocycles. The number of hydrogen-bond donors (Lipinski definition) is 0. The molecule has 2 fully saturated rings. The number of aryl methyl sites for hydroxylation is 1. The van der Waals surface area contributed by atoms with Crippen LogP contribution in [0.5, 0.6) is 5.75 Å². The molecular weight excluding hydrogens is 288 g/mol. The van der Waals surface area contributed by atoms with Gasteiger partial charge >= 0.3 is 0 Å². The Morgan fingerprint density at radius 2 is 1.91 bits per heavy atom. The van der Waals surface area contributed by atoms with Gasteiger partial charge in [0.1, 0.15) is 5.75 Å². The van der Waals surface area contributed by atoms with Crippen LogP contribution in [-0.4, -0.2) is 49.0 Å². The van der Waals surface area contributed by atoms with E-state index in [1.54, 1.807) is 7.11 Å². The minimum Gasteiger partial charge on any atom is -0.497 e. The van der Waals surface area contributed by atoms with Gasteiger partial charge < -0.3 is 9.64 Å². The lowest BCUT2D eigenvalue weighted by Gasteiger charge is -2.41. The molecule has 0 bridgehead atoms. The Morgan fingerprint density at radius 1 is 1.13 bits per heavy atom. The average molecular weight is 314 g/mol. The third-order valence-corrected chi connectivity index (χ3v) is 5.63. The number of carbonyl (C=O) groups excluding carboxylic acids is 1. The van der Waals surface area contributed by atoms with Crippen LogP contribution in [0, 0.1) is 5.92 Å². The molecule has 1 saturated heterocycles. The molecule has 0 radical (unpaired) electrons. The van der Waals surface area contributed by atoms with Crippen molar-refractivity contribution in [2.45, 2.75) is 38.1 Å². The Hall–Kier alpha value is -1.55. The van der Waals surface area contributed by atoms with E-state index in [2.05, 4.69) is 28.0 Å². The fourth-order valence-corrected chi connectivity index (χ4v) is 4.10. The fourth-order valence-electron chi connectivity index (χ4n) is 4.10. The molecule has 3 aliphatic rings. The van der Waals surface area contributed by atoms with Crippen LogP contribution < -0.4 is 4.74 Å². The van der Waals surface area contributed by atoms with Gasteiger partial charge in [0.25, 0.3) is 0 Å². The monoisotopic (exact) mass is 314 g/mol. The van der Waals surface area contributed by atoms with E-state index < -0.39 is 0 Å². The summed E-state index contributed by atoms with van der Waals surface area (Å²) in [6.07, 6.45) is 5.86. The topological polar surface area (TPSA) is 32.8 Å². The van der Waals surface area contributed by atoms with Gasteiger partial charge in [0, 0.05) is 38.1 Å². The van der Waals surface area contributed by atoms with E-state index in [4.69, 9.17) is 4.74 Å².